The van der Waals surface area contributed by atoms with Gasteiger partial charge in [-0.1, -0.05) is 18.2 Å². The van der Waals surface area contributed by atoms with Gasteiger partial charge in [-0.2, -0.15) is 5.10 Å². The summed E-state index contributed by atoms with van der Waals surface area (Å²) in [6.45, 7) is 0. The van der Waals surface area contributed by atoms with Gasteiger partial charge in [0.1, 0.15) is 12.4 Å². The molecule has 4 saturated carbocycles. The number of rotatable bonds is 5. The third-order valence-electron chi connectivity index (χ3n) is 7.43. The van der Waals surface area contributed by atoms with Crippen molar-refractivity contribution < 1.29 is 9.34 Å². The first-order valence-electron chi connectivity index (χ1n) is 10.6. The molecular formula is C22H23N5O3. The van der Waals surface area contributed by atoms with Gasteiger partial charge in [0.25, 0.3) is 0 Å². The average Bonchev–Trinajstić information content (AvgIpc) is 3.37. The van der Waals surface area contributed by atoms with E-state index < -0.39 is 0 Å². The van der Waals surface area contributed by atoms with E-state index in [1.54, 1.807) is 6.20 Å². The lowest BCUT2D eigenvalue weighted by Gasteiger charge is -2.61. The largest absolute Gasteiger partial charge is 0.421 e. The molecule has 0 aliphatic heterocycles. The monoisotopic (exact) mass is 405 g/mol. The Morgan fingerprint density at radius 3 is 2.60 bits per heavy atom. The van der Waals surface area contributed by atoms with Crippen molar-refractivity contribution >= 4 is 5.69 Å². The van der Waals surface area contributed by atoms with E-state index in [1.807, 2.05) is 35.0 Å². The van der Waals surface area contributed by atoms with Crippen LogP contribution in [0.4, 0.5) is 5.69 Å². The molecule has 8 nitrogen and oxygen atoms in total. The Labute approximate surface area is 173 Å². The second kappa shape index (κ2) is 6.23. The summed E-state index contributed by atoms with van der Waals surface area (Å²) in [6, 6.07) is 9.84. The Morgan fingerprint density at radius 1 is 1.13 bits per heavy atom. The van der Waals surface area contributed by atoms with Gasteiger partial charge in [-0.3, -0.25) is 14.8 Å². The topological polar surface area (TPSA) is 99.9 Å². The van der Waals surface area contributed by atoms with E-state index in [2.05, 4.69) is 15.3 Å². The first kappa shape index (κ1) is 17.8. The molecule has 2 atom stereocenters. The number of nitro groups is 1. The van der Waals surface area contributed by atoms with Crippen molar-refractivity contribution in [3.8, 4) is 11.5 Å². The van der Waals surface area contributed by atoms with Crippen molar-refractivity contribution in [3.63, 3.8) is 0 Å². The van der Waals surface area contributed by atoms with E-state index in [0.717, 1.165) is 44.1 Å². The molecule has 0 amide bonds. The first-order chi connectivity index (χ1) is 14.5. The van der Waals surface area contributed by atoms with Gasteiger partial charge in [-0.15, -0.1) is 10.2 Å². The highest BCUT2D eigenvalue weighted by Crippen LogP contribution is 2.65. The predicted octanol–water partition coefficient (Wildman–Crippen LogP) is 4.38. The molecule has 0 N–H and O–H groups in total. The summed E-state index contributed by atoms with van der Waals surface area (Å²) in [4.78, 5) is 10.8. The highest BCUT2D eigenvalue weighted by atomic mass is 16.6. The van der Waals surface area contributed by atoms with Gasteiger partial charge < -0.3 is 4.42 Å². The van der Waals surface area contributed by atoms with Crippen LogP contribution in [0.3, 0.4) is 0 Å². The predicted molar refractivity (Wildman–Crippen MR) is 107 cm³/mol. The van der Waals surface area contributed by atoms with Crippen LogP contribution in [0.2, 0.25) is 0 Å². The summed E-state index contributed by atoms with van der Waals surface area (Å²) in [5.74, 6) is 2.52. The van der Waals surface area contributed by atoms with Crippen molar-refractivity contribution in [2.24, 2.45) is 17.3 Å². The molecule has 2 aromatic heterocycles. The normalized spacial score (nSPS) is 31.9. The van der Waals surface area contributed by atoms with Gasteiger partial charge in [0.2, 0.25) is 11.8 Å². The number of benzene rings is 1. The molecule has 4 bridgehead atoms. The van der Waals surface area contributed by atoms with E-state index in [4.69, 9.17) is 4.42 Å². The zero-order valence-corrected chi connectivity index (χ0v) is 16.6. The number of nitrogens with zero attached hydrogens (tertiary/aromatic N) is 5. The molecule has 30 heavy (non-hydrogen) atoms. The fraction of sp³-hybridized carbons (Fsp3) is 0.500. The van der Waals surface area contributed by atoms with Crippen LogP contribution >= 0.6 is 0 Å². The highest BCUT2D eigenvalue weighted by molar-refractivity contribution is 5.51. The molecule has 0 saturated heterocycles. The minimum atomic E-state index is -0.358. The van der Waals surface area contributed by atoms with Gasteiger partial charge in [0, 0.05) is 12.0 Å². The molecule has 154 valence electrons. The molecule has 2 unspecified atom stereocenters. The van der Waals surface area contributed by atoms with E-state index in [-0.39, 0.29) is 21.6 Å². The van der Waals surface area contributed by atoms with Crippen LogP contribution in [-0.2, 0) is 12.0 Å². The van der Waals surface area contributed by atoms with E-state index in [0.29, 0.717) is 23.6 Å². The fourth-order valence-corrected chi connectivity index (χ4v) is 6.89. The summed E-state index contributed by atoms with van der Waals surface area (Å²) >= 11 is 0. The van der Waals surface area contributed by atoms with Gasteiger partial charge in [0.05, 0.1) is 10.5 Å². The Hall–Kier alpha value is -3.03. The average molecular weight is 405 g/mol. The van der Waals surface area contributed by atoms with Gasteiger partial charge >= 0.3 is 5.69 Å². The molecule has 4 aliphatic carbocycles. The van der Waals surface area contributed by atoms with E-state index in [9.17, 15) is 10.1 Å². The number of aromatic nitrogens is 4. The Balaban J connectivity index is 1.30. The zero-order valence-electron chi connectivity index (χ0n) is 16.6. The maximum atomic E-state index is 11.2. The van der Waals surface area contributed by atoms with Crippen LogP contribution in [0.5, 0.6) is 0 Å². The molecular weight excluding hydrogens is 382 g/mol. The smallest absolute Gasteiger partial charge is 0.307 e. The van der Waals surface area contributed by atoms with Crippen LogP contribution in [0.15, 0.2) is 47.1 Å². The van der Waals surface area contributed by atoms with Crippen LogP contribution < -0.4 is 0 Å². The van der Waals surface area contributed by atoms with E-state index in [1.165, 1.54) is 12.6 Å². The van der Waals surface area contributed by atoms with Crippen molar-refractivity contribution in [3.05, 3.63) is 58.7 Å². The SMILES string of the molecule is O=[N+]([O-])c1cnn(C23CC4CC(CC(Cc5nnc(-c6ccccc6)o5)(C4)C2)C3)c1. The molecule has 2 heterocycles. The Kier molecular flexibility index (Phi) is 3.70. The quantitative estimate of drug-likeness (QED) is 0.461. The maximum absolute atomic E-state index is 11.2. The third-order valence-corrected chi connectivity index (χ3v) is 7.43. The molecule has 3 aromatic rings. The van der Waals surface area contributed by atoms with Gasteiger partial charge in [0.15, 0.2) is 0 Å². The molecule has 8 heteroatoms. The lowest BCUT2D eigenvalue weighted by molar-refractivity contribution is -0.385. The van der Waals surface area contributed by atoms with Crippen molar-refractivity contribution in [2.75, 3.05) is 0 Å². The molecule has 7 rings (SSSR count). The minimum absolute atomic E-state index is 0.0733. The Morgan fingerprint density at radius 2 is 1.90 bits per heavy atom. The van der Waals surface area contributed by atoms with Gasteiger partial charge in [-0.05, 0) is 67.9 Å². The summed E-state index contributed by atoms with van der Waals surface area (Å²) in [6.07, 6.45) is 10.4. The summed E-state index contributed by atoms with van der Waals surface area (Å²) in [5, 5.41) is 24.3. The molecule has 0 radical (unpaired) electrons. The summed E-state index contributed by atoms with van der Waals surface area (Å²) < 4.78 is 7.95. The van der Waals surface area contributed by atoms with Crippen LogP contribution in [0.25, 0.3) is 11.5 Å². The lowest BCUT2D eigenvalue weighted by atomic mass is 9.46. The molecule has 4 aliphatic rings. The van der Waals surface area contributed by atoms with Crippen molar-refractivity contribution in [1.29, 1.82) is 0 Å². The lowest BCUT2D eigenvalue weighted by Crippen LogP contribution is -2.57. The zero-order chi connectivity index (χ0) is 20.3. The molecule has 1 aromatic carbocycles. The first-order valence-corrected chi connectivity index (χ1v) is 10.6. The van der Waals surface area contributed by atoms with Crippen LogP contribution in [0.1, 0.15) is 44.4 Å². The number of hydrogen-bond acceptors (Lipinski definition) is 6. The molecule has 0 spiro atoms. The summed E-state index contributed by atoms with van der Waals surface area (Å²) in [7, 11) is 0. The highest BCUT2D eigenvalue weighted by Gasteiger charge is 2.59. The Bertz CT molecular complexity index is 1090. The van der Waals surface area contributed by atoms with Crippen LogP contribution in [0, 0.1) is 27.4 Å². The van der Waals surface area contributed by atoms with E-state index >= 15 is 0 Å². The molecule has 4 fully saturated rings. The van der Waals surface area contributed by atoms with Gasteiger partial charge in [-0.25, -0.2) is 0 Å². The minimum Gasteiger partial charge on any atom is -0.421 e. The number of hydrogen-bond donors (Lipinski definition) is 0. The van der Waals surface area contributed by atoms with Crippen molar-refractivity contribution in [1.82, 2.24) is 20.0 Å². The second-order valence-corrected chi connectivity index (χ2v) is 9.63. The van der Waals surface area contributed by atoms with Crippen molar-refractivity contribution in [2.45, 2.75) is 50.5 Å². The third kappa shape index (κ3) is 2.77. The summed E-state index contributed by atoms with van der Waals surface area (Å²) in [5.41, 5.74) is 0.984. The second-order valence-electron chi connectivity index (χ2n) is 9.63. The fourth-order valence-electron chi connectivity index (χ4n) is 6.89. The van der Waals surface area contributed by atoms with Crippen LogP contribution in [-0.4, -0.2) is 24.9 Å². The maximum Gasteiger partial charge on any atom is 0.307 e. The standard InChI is InChI=1S/C22H23N5O3/c28-27(29)18-12-23-26(13-18)22-9-15-6-16(10-22)8-21(7-15,14-22)11-19-24-25-20(30-19)17-4-2-1-3-5-17/h1-5,12-13,15-16H,6-11,14H2.